The standard InChI is InChI=1S/C45H52O10S/c1-44(2)52-37-35(50-42-40(38(37)53-44)54-45(3,4)55-42)29-49-43-41(56-33-23-15-8-16-24-33)39(48-27-32-21-13-7-14-22-32)36(47-26-31-19-11-6-12-20-31)34(51-43)28-46-25-30-17-9-5-10-18-30/h5-24,34-43H,25-29H2,1-4H3/t34-,35-,36-,37+,38+,39+,40-,41-,42-,43-/m1/s1. The first-order valence-electron chi connectivity index (χ1n) is 19.5. The van der Waals surface area contributed by atoms with Gasteiger partial charge in [0.15, 0.2) is 24.2 Å². The summed E-state index contributed by atoms with van der Waals surface area (Å²) in [7, 11) is 0. The maximum absolute atomic E-state index is 7.00. The van der Waals surface area contributed by atoms with Gasteiger partial charge in [-0.1, -0.05) is 109 Å². The van der Waals surface area contributed by atoms with E-state index in [9.17, 15) is 0 Å². The van der Waals surface area contributed by atoms with Gasteiger partial charge in [0.05, 0.1) is 38.3 Å². The van der Waals surface area contributed by atoms with Crippen molar-refractivity contribution in [1.29, 1.82) is 0 Å². The summed E-state index contributed by atoms with van der Waals surface area (Å²) >= 11 is 1.65. The van der Waals surface area contributed by atoms with E-state index >= 15 is 0 Å². The van der Waals surface area contributed by atoms with Crippen molar-refractivity contribution in [2.75, 3.05) is 13.2 Å². The molecule has 0 aromatic heterocycles. The third-order valence-corrected chi connectivity index (χ3v) is 11.6. The summed E-state index contributed by atoms with van der Waals surface area (Å²) in [5.41, 5.74) is 3.17. The monoisotopic (exact) mass is 784 g/mol. The van der Waals surface area contributed by atoms with Gasteiger partial charge in [0, 0.05) is 4.90 Å². The van der Waals surface area contributed by atoms with Gasteiger partial charge in [-0.05, 0) is 56.5 Å². The molecule has 4 aromatic rings. The van der Waals surface area contributed by atoms with Crippen molar-refractivity contribution in [1.82, 2.24) is 0 Å². The van der Waals surface area contributed by atoms with Crippen molar-refractivity contribution in [3.63, 3.8) is 0 Å². The smallest absolute Gasteiger partial charge is 0.190 e. The second-order valence-corrected chi connectivity index (χ2v) is 16.8. The first kappa shape index (κ1) is 39.6. The highest BCUT2D eigenvalue weighted by Crippen LogP contribution is 2.45. The van der Waals surface area contributed by atoms with E-state index in [0.29, 0.717) is 19.8 Å². The molecule has 0 unspecified atom stereocenters. The molecule has 10 nitrogen and oxygen atoms in total. The van der Waals surface area contributed by atoms with E-state index in [1.807, 2.05) is 113 Å². The van der Waals surface area contributed by atoms with Crippen molar-refractivity contribution < 1.29 is 47.4 Å². The Balaban J connectivity index is 1.10. The Morgan fingerprint density at radius 3 is 1.64 bits per heavy atom. The summed E-state index contributed by atoms with van der Waals surface area (Å²) in [5.74, 6) is -1.67. The number of rotatable bonds is 15. The lowest BCUT2D eigenvalue weighted by Gasteiger charge is -2.46. The normalized spacial score (nSPS) is 31.8. The lowest BCUT2D eigenvalue weighted by Crippen LogP contribution is -2.61. The Kier molecular flexibility index (Phi) is 12.6. The van der Waals surface area contributed by atoms with Crippen LogP contribution in [0.4, 0.5) is 0 Å². The minimum absolute atomic E-state index is 0.142. The fourth-order valence-corrected chi connectivity index (χ4v) is 8.99. The number of thioether (sulfide) groups is 1. The van der Waals surface area contributed by atoms with E-state index in [-0.39, 0.29) is 18.5 Å². The quantitative estimate of drug-likeness (QED) is 0.119. The molecular formula is C45H52O10S. The van der Waals surface area contributed by atoms with Gasteiger partial charge in [-0.25, -0.2) is 0 Å². The predicted molar refractivity (Wildman–Crippen MR) is 209 cm³/mol. The molecule has 10 atom stereocenters. The van der Waals surface area contributed by atoms with Crippen molar-refractivity contribution in [2.45, 2.75) is 125 Å². The Morgan fingerprint density at radius 2 is 1.02 bits per heavy atom. The van der Waals surface area contributed by atoms with Crippen molar-refractivity contribution in [3.05, 3.63) is 138 Å². The lowest BCUT2D eigenvalue weighted by atomic mass is 9.99. The summed E-state index contributed by atoms with van der Waals surface area (Å²) in [6.45, 7) is 9.12. The van der Waals surface area contributed by atoms with Gasteiger partial charge in [-0.3, -0.25) is 0 Å². The van der Waals surface area contributed by atoms with Crippen LogP contribution in [0.25, 0.3) is 0 Å². The van der Waals surface area contributed by atoms with Gasteiger partial charge in [0.1, 0.15) is 42.7 Å². The average molecular weight is 785 g/mol. The Bertz CT molecular complexity index is 1800. The van der Waals surface area contributed by atoms with Crippen LogP contribution in [-0.2, 0) is 67.2 Å². The van der Waals surface area contributed by atoms with Crippen LogP contribution in [0.2, 0.25) is 0 Å². The van der Waals surface area contributed by atoms with Gasteiger partial charge >= 0.3 is 0 Å². The second kappa shape index (κ2) is 17.8. The Hall–Kier alpha value is -3.17. The molecule has 0 N–H and O–H groups in total. The molecule has 56 heavy (non-hydrogen) atoms. The number of benzene rings is 4. The Labute approximate surface area is 334 Å². The van der Waals surface area contributed by atoms with Crippen LogP contribution in [-0.4, -0.2) is 85.3 Å². The molecule has 298 valence electrons. The minimum Gasteiger partial charge on any atom is -0.374 e. The van der Waals surface area contributed by atoms with E-state index in [4.69, 9.17) is 47.4 Å². The van der Waals surface area contributed by atoms with Crippen LogP contribution >= 0.6 is 11.8 Å². The number of ether oxygens (including phenoxy) is 10. The van der Waals surface area contributed by atoms with Crippen LogP contribution < -0.4 is 0 Å². The molecule has 4 heterocycles. The molecule has 0 bridgehead atoms. The van der Waals surface area contributed by atoms with Gasteiger partial charge in [0.2, 0.25) is 0 Å². The van der Waals surface area contributed by atoms with Crippen LogP contribution in [0, 0.1) is 0 Å². The molecule has 11 heteroatoms. The average Bonchev–Trinajstić information content (AvgIpc) is 3.71. The topological polar surface area (TPSA) is 92.3 Å². The Morgan fingerprint density at radius 1 is 0.500 bits per heavy atom. The first-order valence-corrected chi connectivity index (χ1v) is 20.4. The molecule has 8 rings (SSSR count). The van der Waals surface area contributed by atoms with Gasteiger partial charge < -0.3 is 47.4 Å². The minimum atomic E-state index is -0.837. The molecule has 0 spiro atoms. The molecule has 4 saturated heterocycles. The van der Waals surface area contributed by atoms with E-state index in [0.717, 1.165) is 21.6 Å². The summed E-state index contributed by atoms with van der Waals surface area (Å²) in [4.78, 5) is 1.05. The van der Waals surface area contributed by atoms with Gasteiger partial charge in [-0.2, -0.15) is 0 Å². The zero-order valence-electron chi connectivity index (χ0n) is 32.3. The third-order valence-electron chi connectivity index (χ3n) is 10.2. The zero-order valence-corrected chi connectivity index (χ0v) is 33.2. The highest BCUT2D eigenvalue weighted by atomic mass is 32.2. The third kappa shape index (κ3) is 9.74. The predicted octanol–water partition coefficient (Wildman–Crippen LogP) is 7.67. The first-order chi connectivity index (χ1) is 27.2. The molecule has 0 amide bonds. The summed E-state index contributed by atoms with van der Waals surface area (Å²) < 4.78 is 65.9. The van der Waals surface area contributed by atoms with E-state index < -0.39 is 66.9 Å². The maximum Gasteiger partial charge on any atom is 0.190 e. The van der Waals surface area contributed by atoms with Crippen LogP contribution in [0.3, 0.4) is 0 Å². The molecule has 0 radical (unpaired) electrons. The highest BCUT2D eigenvalue weighted by Gasteiger charge is 2.61. The summed E-state index contributed by atoms with van der Waals surface area (Å²) in [5, 5.41) is -0.360. The van der Waals surface area contributed by atoms with Crippen molar-refractivity contribution >= 4 is 11.8 Å². The number of hydrogen-bond acceptors (Lipinski definition) is 11. The zero-order chi connectivity index (χ0) is 38.5. The molecule has 0 aliphatic carbocycles. The molecular weight excluding hydrogens is 733 g/mol. The van der Waals surface area contributed by atoms with Crippen LogP contribution in [0.5, 0.6) is 0 Å². The lowest BCUT2D eigenvalue weighted by molar-refractivity contribution is -0.293. The number of fused-ring (bicyclic) bond motifs is 3. The van der Waals surface area contributed by atoms with Crippen molar-refractivity contribution in [3.8, 4) is 0 Å². The summed E-state index contributed by atoms with van der Waals surface area (Å²) in [6, 6.07) is 40.7. The van der Waals surface area contributed by atoms with Gasteiger partial charge in [-0.15, -0.1) is 11.8 Å². The fraction of sp³-hybridized carbons (Fsp3) is 0.467. The van der Waals surface area contributed by atoms with E-state index in [1.165, 1.54) is 0 Å². The van der Waals surface area contributed by atoms with Crippen molar-refractivity contribution in [2.24, 2.45) is 0 Å². The second-order valence-electron chi connectivity index (χ2n) is 15.5. The summed E-state index contributed by atoms with van der Waals surface area (Å²) in [6.07, 6.45) is -4.75. The highest BCUT2D eigenvalue weighted by molar-refractivity contribution is 8.00. The van der Waals surface area contributed by atoms with Crippen LogP contribution in [0.1, 0.15) is 44.4 Å². The number of hydrogen-bond donors (Lipinski definition) is 0. The maximum atomic E-state index is 7.00. The molecule has 4 aliphatic rings. The molecule has 4 aromatic carbocycles. The van der Waals surface area contributed by atoms with E-state index in [2.05, 4.69) is 36.4 Å². The molecule has 4 fully saturated rings. The fourth-order valence-electron chi connectivity index (χ4n) is 7.74. The molecule has 4 aliphatic heterocycles. The van der Waals surface area contributed by atoms with E-state index in [1.54, 1.807) is 11.8 Å². The largest absolute Gasteiger partial charge is 0.374 e. The molecule has 0 saturated carbocycles. The SMILES string of the molecule is CC1(C)O[C@H]2[C@@H](O1)[C@@H](CO[C@@H]1O[C@H](COCc3ccccc3)[C@@H](OCc3ccccc3)[C@H](OCc3ccccc3)[C@H]1Sc1ccccc1)O[C@@H]1OC(C)(C)O[C@@H]12. The van der Waals surface area contributed by atoms with Gasteiger partial charge in [0.25, 0.3) is 0 Å². The van der Waals surface area contributed by atoms with Crippen LogP contribution in [0.15, 0.2) is 126 Å².